The Morgan fingerprint density at radius 1 is 0.705 bits per heavy atom. The first-order chi connectivity index (χ1) is 37.5. The Morgan fingerprint density at radius 2 is 1.35 bits per heavy atom. The van der Waals surface area contributed by atoms with Crippen molar-refractivity contribution in [3.8, 4) is 80.1 Å². The molecule has 5 aliphatic rings. The van der Waals surface area contributed by atoms with Gasteiger partial charge < -0.3 is 52.5 Å². The number of methoxy groups -OCH3 is 5. The molecule has 6 heterocycles. The van der Waals surface area contributed by atoms with Gasteiger partial charge in [0.1, 0.15) is 45.3 Å². The van der Waals surface area contributed by atoms with E-state index < -0.39 is 11.2 Å². The van der Waals surface area contributed by atoms with Crippen LogP contribution in [0.5, 0.6) is 69.0 Å². The number of fused-ring (bicyclic) bond motifs is 5. The summed E-state index contributed by atoms with van der Waals surface area (Å²) in [5.74, 6) is 6.19. The van der Waals surface area contributed by atoms with E-state index in [1.165, 1.54) is 41.5 Å². The Balaban J connectivity index is 0.000000189. The Kier molecular flexibility index (Phi) is 14.9. The van der Waals surface area contributed by atoms with Gasteiger partial charge in [-0.2, -0.15) is 0 Å². The number of phenols is 1. The largest absolute Gasteiger partial charge is 0.508 e. The molecule has 0 aliphatic carbocycles. The maximum atomic E-state index is 12.9. The molecule has 6 bridgehead atoms. The molecule has 406 valence electrons. The minimum Gasteiger partial charge on any atom is -0.508 e. The quantitative estimate of drug-likeness (QED) is 0.110. The molecule has 2 atom stereocenters. The predicted octanol–water partition coefficient (Wildman–Crippen LogP) is 12.7. The molecule has 78 heavy (non-hydrogen) atoms. The summed E-state index contributed by atoms with van der Waals surface area (Å²) >= 11 is 0. The van der Waals surface area contributed by atoms with Crippen LogP contribution in [0.2, 0.25) is 0 Å². The molecule has 5 aliphatic heterocycles. The van der Waals surface area contributed by atoms with Crippen molar-refractivity contribution in [2.24, 2.45) is 0 Å². The predicted molar refractivity (Wildman–Crippen MR) is 302 cm³/mol. The highest BCUT2D eigenvalue weighted by molar-refractivity contribution is 6.02. The highest BCUT2D eigenvalue weighted by Crippen LogP contribution is 2.53. The summed E-state index contributed by atoms with van der Waals surface area (Å²) in [4.78, 5) is 17.8. The van der Waals surface area contributed by atoms with Gasteiger partial charge >= 0.3 is 5.63 Å². The first-order valence-electron chi connectivity index (χ1n) is 26.3. The second kappa shape index (κ2) is 21.8. The molecule has 12 rings (SSSR count). The van der Waals surface area contributed by atoms with Crippen LogP contribution >= 0.6 is 0 Å². The first kappa shape index (κ1) is 53.3. The summed E-state index contributed by atoms with van der Waals surface area (Å²) < 4.78 is 54.9. The third kappa shape index (κ3) is 10.2. The van der Waals surface area contributed by atoms with Gasteiger partial charge in [0.05, 0.1) is 41.1 Å². The van der Waals surface area contributed by atoms with Gasteiger partial charge in [-0.25, -0.2) is 4.79 Å². The summed E-state index contributed by atoms with van der Waals surface area (Å²) in [5, 5.41) is 21.2. The molecule has 1 aromatic heterocycles. The standard InChI is InChI=1S/C38H42N2O6.C26H26O6/c1-39-15-13-25-20-32(42-4)34-22-28(25)29(39)17-23-7-10-27(11-8-23)45-33-19-24(9-12-31(33)41-3)18-30-36-26(14-16-40(30)2)21-35(43-5)37(44-6)38(36)46-34;1-14(2)6-11-17-22-18(12-13-26(3,4)32-22)24-20(23(17)30-5)21(28)19(25(29)31-24)15-7-9-16(27)10-8-15/h7-12,19-22,29-30H,13-18H2,1-6H3;6-10,12-13,27-28H,11H2,1-5H3. The zero-order valence-corrected chi connectivity index (χ0v) is 46.3. The van der Waals surface area contributed by atoms with Crippen LogP contribution in [-0.2, 0) is 32.1 Å². The molecule has 6 aromatic carbocycles. The molecule has 7 aromatic rings. The number of phenolic OH excluding ortho intramolecular Hbond substituents is 1. The maximum Gasteiger partial charge on any atom is 0.348 e. The van der Waals surface area contributed by atoms with Crippen LogP contribution < -0.4 is 43.5 Å². The SMILES string of the molecule is COc1c(CC=C(C)C)c2c(c3oc(=O)c(-c4ccc(O)cc4)c(O)c13)C=CC(C)(C)O2.COc1ccc2cc1Oc1ccc(cc1)CC1c3cc(c(OC)cc3CCN1C)Oc1c(OC)c(OC)cc3c1C(C2)N(C)CC3. The Labute approximate surface area is 455 Å². The van der Waals surface area contributed by atoms with Crippen molar-refractivity contribution in [1.82, 2.24) is 9.80 Å². The van der Waals surface area contributed by atoms with Gasteiger partial charge in [0.2, 0.25) is 5.75 Å². The molecule has 0 radical (unpaired) electrons. The van der Waals surface area contributed by atoms with Crippen molar-refractivity contribution in [2.45, 2.75) is 77.5 Å². The van der Waals surface area contributed by atoms with Gasteiger partial charge in [0.25, 0.3) is 0 Å². The highest BCUT2D eigenvalue weighted by Gasteiger charge is 2.36. The van der Waals surface area contributed by atoms with Gasteiger partial charge in [0, 0.05) is 36.3 Å². The summed E-state index contributed by atoms with van der Waals surface area (Å²) in [5.41, 5.74) is 9.01. The Bertz CT molecular complexity index is 3540. The molecular weight excluding hydrogens is 989 g/mol. The smallest absolute Gasteiger partial charge is 0.348 e. The second-order valence-electron chi connectivity index (χ2n) is 21.1. The van der Waals surface area contributed by atoms with Crippen LogP contribution in [0.25, 0.3) is 28.2 Å². The summed E-state index contributed by atoms with van der Waals surface area (Å²) in [6.45, 7) is 9.75. The normalized spacial score (nSPS) is 17.1. The van der Waals surface area contributed by atoms with Crippen molar-refractivity contribution in [1.29, 1.82) is 0 Å². The van der Waals surface area contributed by atoms with Gasteiger partial charge in [-0.05, 0) is 174 Å². The minimum absolute atomic E-state index is 0.000437. The molecule has 2 N–H and O–H groups in total. The molecule has 0 saturated heterocycles. The number of rotatable bonds is 8. The maximum absolute atomic E-state index is 12.9. The summed E-state index contributed by atoms with van der Waals surface area (Å²) in [6, 6.07) is 27.2. The van der Waals surface area contributed by atoms with Crippen molar-refractivity contribution in [2.75, 3.05) is 62.7 Å². The number of likely N-dealkylation sites (N-methyl/N-ethyl adjacent to an activating group) is 2. The number of hydrogen-bond donors (Lipinski definition) is 2. The van der Waals surface area contributed by atoms with E-state index in [-0.39, 0.29) is 34.7 Å². The third-order valence-corrected chi connectivity index (χ3v) is 15.3. The monoisotopic (exact) mass is 1060 g/mol. The molecule has 14 nitrogen and oxygen atoms in total. The van der Waals surface area contributed by atoms with Crippen molar-refractivity contribution in [3.05, 3.63) is 158 Å². The van der Waals surface area contributed by atoms with E-state index in [1.54, 1.807) is 40.6 Å². The van der Waals surface area contributed by atoms with E-state index in [0.29, 0.717) is 74.7 Å². The Morgan fingerprint density at radius 3 is 2.03 bits per heavy atom. The average molecular weight is 1060 g/mol. The fourth-order valence-electron chi connectivity index (χ4n) is 11.2. The van der Waals surface area contributed by atoms with Crippen molar-refractivity contribution >= 4 is 17.0 Å². The molecule has 2 unspecified atom stereocenters. The van der Waals surface area contributed by atoms with E-state index in [9.17, 15) is 15.0 Å². The van der Waals surface area contributed by atoms with Crippen LogP contribution in [0.15, 0.2) is 112 Å². The lowest BCUT2D eigenvalue weighted by Gasteiger charge is -2.37. The van der Waals surface area contributed by atoms with Gasteiger partial charge in [0.15, 0.2) is 40.1 Å². The summed E-state index contributed by atoms with van der Waals surface area (Å²) in [6.07, 6.45) is 9.68. The molecule has 0 spiro atoms. The van der Waals surface area contributed by atoms with Crippen LogP contribution in [0.3, 0.4) is 0 Å². The first-order valence-corrected chi connectivity index (χ1v) is 26.3. The summed E-state index contributed by atoms with van der Waals surface area (Å²) in [7, 11) is 12.6. The molecule has 0 fully saturated rings. The van der Waals surface area contributed by atoms with Crippen molar-refractivity contribution in [3.63, 3.8) is 0 Å². The minimum atomic E-state index is -0.694. The van der Waals surface area contributed by atoms with E-state index in [1.807, 2.05) is 58.0 Å². The number of aromatic hydroxyl groups is 2. The average Bonchev–Trinajstić information content (AvgIpc) is 3.51. The van der Waals surface area contributed by atoms with Crippen LogP contribution in [0.1, 0.15) is 84.3 Å². The van der Waals surface area contributed by atoms with E-state index >= 15 is 0 Å². The van der Waals surface area contributed by atoms with Crippen LogP contribution in [0, 0.1) is 0 Å². The second-order valence-corrected chi connectivity index (χ2v) is 21.1. The number of nitrogens with zero attached hydrogens (tertiary/aromatic N) is 2. The fourth-order valence-corrected chi connectivity index (χ4v) is 11.2. The number of allylic oxidation sites excluding steroid dienone is 2. The number of ether oxygens (including phenoxy) is 8. The zero-order valence-electron chi connectivity index (χ0n) is 46.3. The third-order valence-electron chi connectivity index (χ3n) is 15.3. The molecule has 14 heteroatoms. The molecule has 0 saturated carbocycles. The zero-order chi connectivity index (χ0) is 55.2. The Hall–Kier alpha value is -8.07. The highest BCUT2D eigenvalue weighted by atomic mass is 16.5. The lowest BCUT2D eigenvalue weighted by atomic mass is 9.87. The number of hydrogen-bond acceptors (Lipinski definition) is 14. The van der Waals surface area contributed by atoms with E-state index in [4.69, 9.17) is 42.3 Å². The lowest BCUT2D eigenvalue weighted by Crippen LogP contribution is -2.34. The fraction of sp³-hybridized carbons (Fsp3) is 0.328. The molecular formula is C64H68N2O12. The van der Waals surface area contributed by atoms with E-state index in [0.717, 1.165) is 66.8 Å². The van der Waals surface area contributed by atoms with Gasteiger partial charge in [-0.15, -0.1) is 0 Å². The number of benzene rings is 6. The van der Waals surface area contributed by atoms with Crippen molar-refractivity contribution < 1.29 is 52.5 Å². The lowest BCUT2D eigenvalue weighted by molar-refractivity contribution is 0.157. The van der Waals surface area contributed by atoms with Crippen LogP contribution in [0.4, 0.5) is 0 Å². The topological polar surface area (TPSA) is 151 Å². The van der Waals surface area contributed by atoms with Gasteiger partial charge in [-0.3, -0.25) is 9.80 Å². The van der Waals surface area contributed by atoms with E-state index in [2.05, 4.69) is 72.4 Å². The van der Waals surface area contributed by atoms with Crippen LogP contribution in [-0.4, -0.2) is 88.3 Å². The molecule has 0 amide bonds. The van der Waals surface area contributed by atoms with Gasteiger partial charge in [-0.1, -0.05) is 42.0 Å².